The summed E-state index contributed by atoms with van der Waals surface area (Å²) in [5.41, 5.74) is 2.65. The zero-order valence-corrected chi connectivity index (χ0v) is 27.3. The smallest absolute Gasteiger partial charge is 0.355 e. The van der Waals surface area contributed by atoms with Crippen LogP contribution in [0.3, 0.4) is 0 Å². The van der Waals surface area contributed by atoms with Crippen molar-refractivity contribution in [2.24, 2.45) is 0 Å². The van der Waals surface area contributed by atoms with E-state index in [4.69, 9.17) is 4.74 Å². The third-order valence-electron chi connectivity index (χ3n) is 8.33. The number of carbonyl (C=O) groups is 2. The summed E-state index contributed by atoms with van der Waals surface area (Å²) in [6.07, 6.45) is 0.761. The fourth-order valence-corrected chi connectivity index (χ4v) is 5.71. The van der Waals surface area contributed by atoms with Crippen LogP contribution < -0.4 is 20.9 Å². The summed E-state index contributed by atoms with van der Waals surface area (Å²) in [5, 5.41) is 11.1. The van der Waals surface area contributed by atoms with Gasteiger partial charge >= 0.3 is 11.9 Å². The van der Waals surface area contributed by atoms with Crippen LogP contribution >= 0.6 is 0 Å². The van der Waals surface area contributed by atoms with Gasteiger partial charge in [-0.15, -0.1) is 0 Å². The molecule has 0 aliphatic heterocycles. The molecule has 10 nitrogen and oxygen atoms in total. The Morgan fingerprint density at radius 3 is 1.61 bits per heavy atom. The van der Waals surface area contributed by atoms with E-state index in [1.165, 1.54) is 6.07 Å². The molecule has 0 unspecified atom stereocenters. The van der Waals surface area contributed by atoms with Crippen molar-refractivity contribution in [2.45, 2.75) is 54.4 Å². The molecule has 2 heterocycles. The van der Waals surface area contributed by atoms with Crippen LogP contribution in [0.4, 0.5) is 11.4 Å². The van der Waals surface area contributed by atoms with Crippen molar-refractivity contribution in [3.63, 3.8) is 0 Å². The second-order valence-electron chi connectivity index (χ2n) is 10.8. The van der Waals surface area contributed by atoms with Crippen molar-refractivity contribution in [1.29, 1.82) is 0 Å². The van der Waals surface area contributed by atoms with E-state index in [2.05, 4.69) is 47.5 Å². The molecular weight excluding hydrogens is 584 g/mol. The van der Waals surface area contributed by atoms with Gasteiger partial charge in [0.25, 0.3) is 11.1 Å². The van der Waals surface area contributed by atoms with Gasteiger partial charge in [-0.1, -0.05) is 38.1 Å². The number of nitrogens with one attached hydrogen (secondary N) is 2. The van der Waals surface area contributed by atoms with Gasteiger partial charge in [-0.3, -0.25) is 9.59 Å². The van der Waals surface area contributed by atoms with Crippen molar-refractivity contribution < 1.29 is 19.4 Å². The summed E-state index contributed by atoms with van der Waals surface area (Å²) < 4.78 is 5.00. The normalized spacial score (nSPS) is 10.9. The number of hydrogen-bond acceptors (Lipinski definition) is 8. The molecule has 3 N–H and O–H groups in total. The first-order chi connectivity index (χ1) is 22.1. The highest BCUT2D eigenvalue weighted by Gasteiger charge is 2.27. The van der Waals surface area contributed by atoms with E-state index in [0.29, 0.717) is 34.5 Å². The third-order valence-corrected chi connectivity index (χ3v) is 8.33. The van der Waals surface area contributed by atoms with Gasteiger partial charge in [-0.05, 0) is 87.6 Å². The Labute approximate surface area is 268 Å². The molecule has 0 amide bonds. The molecule has 0 fully saturated rings. The van der Waals surface area contributed by atoms with Gasteiger partial charge in [-0.25, -0.2) is 9.59 Å². The number of anilines is 2. The van der Waals surface area contributed by atoms with Gasteiger partial charge in [0.15, 0.2) is 5.56 Å². The highest BCUT2D eigenvalue weighted by molar-refractivity contribution is 6.04. The molecule has 2 aromatic carbocycles. The second kappa shape index (κ2) is 14.8. The molecule has 0 saturated heterocycles. The van der Waals surface area contributed by atoms with E-state index in [9.17, 15) is 24.3 Å². The Kier molecular flexibility index (Phi) is 10.8. The molecule has 0 bridgehead atoms. The quantitative estimate of drug-likeness (QED) is 0.130. The Bertz CT molecular complexity index is 1820. The SMILES string of the molecule is CCc1cc(C(=O)OC(=O)c2c(O)c(CC)c(-c3ccc(N(CC)CC)cc3)[nH]c2=O)c(=O)[nH]c1-c1ccc(N(CC)CC)cc1. The molecule has 0 aliphatic carbocycles. The van der Waals surface area contributed by atoms with Crippen LogP contribution in [0.1, 0.15) is 73.4 Å². The summed E-state index contributed by atoms with van der Waals surface area (Å²) in [5.74, 6) is -3.15. The van der Waals surface area contributed by atoms with Crippen LogP contribution in [0.5, 0.6) is 5.75 Å². The number of ether oxygens (including phenoxy) is 1. The van der Waals surface area contributed by atoms with Gasteiger partial charge in [0, 0.05) is 43.1 Å². The van der Waals surface area contributed by atoms with Gasteiger partial charge in [0.1, 0.15) is 11.3 Å². The number of H-pyrrole nitrogens is 2. The van der Waals surface area contributed by atoms with Crippen LogP contribution in [0.15, 0.2) is 64.2 Å². The first-order valence-electron chi connectivity index (χ1n) is 15.8. The molecule has 4 rings (SSSR count). The monoisotopic (exact) mass is 626 g/mol. The van der Waals surface area contributed by atoms with Crippen molar-refractivity contribution in [3.8, 4) is 28.3 Å². The lowest BCUT2D eigenvalue weighted by atomic mass is 10.00. The third kappa shape index (κ3) is 6.75. The highest BCUT2D eigenvalue weighted by atomic mass is 16.6. The van der Waals surface area contributed by atoms with Crippen LogP contribution in [0.2, 0.25) is 0 Å². The first kappa shape index (κ1) is 33.8. The molecule has 46 heavy (non-hydrogen) atoms. The Hall–Kier alpha value is -5.12. The van der Waals surface area contributed by atoms with Crippen molar-refractivity contribution >= 4 is 23.3 Å². The number of pyridine rings is 2. The lowest BCUT2D eigenvalue weighted by Gasteiger charge is -2.21. The minimum Gasteiger partial charge on any atom is -0.506 e. The molecule has 0 atom stereocenters. The van der Waals surface area contributed by atoms with Gasteiger partial charge in [-0.2, -0.15) is 0 Å². The van der Waals surface area contributed by atoms with Gasteiger partial charge in [0.05, 0.1) is 11.4 Å². The molecule has 0 radical (unpaired) electrons. The average Bonchev–Trinajstić information content (AvgIpc) is 3.06. The predicted molar refractivity (Wildman–Crippen MR) is 182 cm³/mol. The number of hydrogen-bond donors (Lipinski definition) is 3. The Balaban J connectivity index is 1.62. The van der Waals surface area contributed by atoms with E-state index >= 15 is 0 Å². The Morgan fingerprint density at radius 2 is 1.15 bits per heavy atom. The molecular formula is C36H42N4O6. The summed E-state index contributed by atoms with van der Waals surface area (Å²) in [4.78, 5) is 62.2. The topological polar surface area (TPSA) is 136 Å². The lowest BCUT2D eigenvalue weighted by Crippen LogP contribution is -2.27. The molecule has 0 spiro atoms. The van der Waals surface area contributed by atoms with Crippen LogP contribution in [0.25, 0.3) is 22.5 Å². The number of esters is 2. The Morgan fingerprint density at radius 1 is 0.674 bits per heavy atom. The maximum Gasteiger partial charge on any atom is 0.355 e. The number of aryl methyl sites for hydroxylation is 1. The zero-order valence-electron chi connectivity index (χ0n) is 27.3. The number of benzene rings is 2. The van der Waals surface area contributed by atoms with Crippen LogP contribution in [-0.4, -0.2) is 53.2 Å². The van der Waals surface area contributed by atoms with Crippen LogP contribution in [0, 0.1) is 0 Å². The van der Waals surface area contributed by atoms with E-state index in [1.807, 2.05) is 55.5 Å². The number of carbonyl (C=O) groups excluding carboxylic acids is 2. The summed E-state index contributed by atoms with van der Waals surface area (Å²) in [6.45, 7) is 15.3. The lowest BCUT2D eigenvalue weighted by molar-refractivity contribution is 0.0393. The summed E-state index contributed by atoms with van der Waals surface area (Å²) in [7, 11) is 0. The summed E-state index contributed by atoms with van der Waals surface area (Å²) in [6, 6.07) is 16.7. The number of aromatic nitrogens is 2. The maximum absolute atomic E-state index is 13.1. The second-order valence-corrected chi connectivity index (χ2v) is 10.8. The molecule has 2 aromatic heterocycles. The number of aromatic amines is 2. The predicted octanol–water partition coefficient (Wildman–Crippen LogP) is 5.92. The van der Waals surface area contributed by atoms with Crippen molar-refractivity contribution in [2.75, 3.05) is 36.0 Å². The largest absolute Gasteiger partial charge is 0.506 e. The van der Waals surface area contributed by atoms with Crippen molar-refractivity contribution in [3.05, 3.63) is 97.6 Å². The molecule has 10 heteroatoms. The molecule has 4 aromatic rings. The molecule has 0 saturated carbocycles. The van der Waals surface area contributed by atoms with E-state index < -0.39 is 34.4 Å². The van der Waals surface area contributed by atoms with Crippen molar-refractivity contribution in [1.82, 2.24) is 9.97 Å². The van der Waals surface area contributed by atoms with E-state index in [0.717, 1.165) is 43.1 Å². The minimum absolute atomic E-state index is 0.279. The number of rotatable bonds is 12. The molecule has 0 aliphatic rings. The maximum atomic E-state index is 13.1. The van der Waals surface area contributed by atoms with Crippen LogP contribution in [-0.2, 0) is 17.6 Å². The zero-order chi connectivity index (χ0) is 33.5. The average molecular weight is 627 g/mol. The fraction of sp³-hybridized carbons (Fsp3) is 0.333. The number of nitrogens with zero attached hydrogens (tertiary/aromatic N) is 2. The van der Waals surface area contributed by atoms with Gasteiger partial charge < -0.3 is 29.6 Å². The standard InChI is InChI=1S/C36H42N4O6/c1-7-22-21-28(33(42)37-30(22)23-13-17-25(18-14-23)39(9-3)10-4)35(44)46-36(45)29-32(41)27(8-2)31(38-34(29)43)24-15-19-26(20-16-24)40(11-5)12-6/h13-21H,7-12H2,1-6H3,(H,37,42)(H2,38,41,43). The first-order valence-corrected chi connectivity index (χ1v) is 15.8. The number of aromatic hydroxyl groups is 1. The summed E-state index contributed by atoms with van der Waals surface area (Å²) >= 11 is 0. The van der Waals surface area contributed by atoms with E-state index in [-0.39, 0.29) is 12.0 Å². The minimum atomic E-state index is -1.35. The highest BCUT2D eigenvalue weighted by Crippen LogP contribution is 2.31. The molecule has 242 valence electrons. The van der Waals surface area contributed by atoms with Gasteiger partial charge in [0.2, 0.25) is 0 Å². The van der Waals surface area contributed by atoms with E-state index in [1.54, 1.807) is 6.92 Å². The fourth-order valence-electron chi connectivity index (χ4n) is 5.71.